The maximum atomic E-state index is 12.6. The molecule has 1 saturated heterocycles. The molecule has 1 aliphatic heterocycles. The van der Waals surface area contributed by atoms with Gasteiger partial charge >= 0.3 is 5.97 Å². The van der Waals surface area contributed by atoms with Gasteiger partial charge in [0, 0.05) is 23.6 Å². The lowest BCUT2D eigenvalue weighted by atomic mass is 10.1. The summed E-state index contributed by atoms with van der Waals surface area (Å²) in [4.78, 5) is 12.8. The molecule has 1 N–H and O–H groups in total. The number of hydrogen-bond acceptors (Lipinski definition) is 4. The van der Waals surface area contributed by atoms with Crippen molar-refractivity contribution < 1.29 is 18.3 Å². The molecule has 1 aromatic carbocycles. The first kappa shape index (κ1) is 17.4. The van der Waals surface area contributed by atoms with Crippen LogP contribution in [0, 0.1) is 0 Å². The zero-order valence-electron chi connectivity index (χ0n) is 12.3. The summed E-state index contributed by atoms with van der Waals surface area (Å²) in [5.41, 5.74) is 0. The monoisotopic (exact) mass is 390 g/mol. The number of nitrogens with zero attached hydrogens (tertiary/aromatic N) is 2. The first-order valence-corrected chi connectivity index (χ1v) is 9.22. The van der Waals surface area contributed by atoms with Gasteiger partial charge in [-0.25, -0.2) is 8.42 Å². The quantitative estimate of drug-likeness (QED) is 0.826. The third-order valence-corrected chi connectivity index (χ3v) is 6.25. The summed E-state index contributed by atoms with van der Waals surface area (Å²) in [6.45, 7) is 0.788. The van der Waals surface area contributed by atoms with E-state index in [9.17, 15) is 13.2 Å². The van der Waals surface area contributed by atoms with E-state index in [1.165, 1.54) is 4.31 Å². The third kappa shape index (κ3) is 4.07. The van der Waals surface area contributed by atoms with Crippen molar-refractivity contribution in [2.45, 2.75) is 23.8 Å². The van der Waals surface area contributed by atoms with Crippen LogP contribution in [0.3, 0.4) is 0 Å². The SMILES string of the molecule is CN(CC(=O)O)C1CCN(S(=O)(=O)c2cccc(Br)c2)CC1. The molecule has 1 aliphatic rings. The summed E-state index contributed by atoms with van der Waals surface area (Å²) in [6, 6.07) is 6.77. The normalized spacial score (nSPS) is 17.8. The molecule has 0 spiro atoms. The van der Waals surface area contributed by atoms with Crippen molar-refractivity contribution in [1.82, 2.24) is 9.21 Å². The van der Waals surface area contributed by atoms with E-state index < -0.39 is 16.0 Å². The number of likely N-dealkylation sites (N-methyl/N-ethyl adjacent to an activating group) is 1. The second-order valence-corrected chi connectivity index (χ2v) is 8.26. The summed E-state index contributed by atoms with van der Waals surface area (Å²) in [5, 5.41) is 8.82. The van der Waals surface area contributed by atoms with Crippen LogP contribution in [0.1, 0.15) is 12.8 Å². The zero-order valence-corrected chi connectivity index (χ0v) is 14.7. The Bertz CT molecular complexity index is 642. The van der Waals surface area contributed by atoms with E-state index in [2.05, 4.69) is 15.9 Å². The Morgan fingerprint density at radius 1 is 1.41 bits per heavy atom. The minimum absolute atomic E-state index is 0.0248. The van der Waals surface area contributed by atoms with Crippen molar-refractivity contribution in [3.63, 3.8) is 0 Å². The van der Waals surface area contributed by atoms with E-state index in [4.69, 9.17) is 5.11 Å². The van der Waals surface area contributed by atoms with Crippen molar-refractivity contribution >= 4 is 31.9 Å². The van der Waals surface area contributed by atoms with E-state index in [1.54, 1.807) is 36.2 Å². The molecular weight excluding hydrogens is 372 g/mol. The molecule has 0 aromatic heterocycles. The number of carboxylic acids is 1. The van der Waals surface area contributed by atoms with Gasteiger partial charge in [-0.1, -0.05) is 22.0 Å². The lowest BCUT2D eigenvalue weighted by molar-refractivity contribution is -0.138. The molecule has 0 radical (unpaired) electrons. The Morgan fingerprint density at radius 2 is 2.05 bits per heavy atom. The lowest BCUT2D eigenvalue weighted by Gasteiger charge is -2.35. The van der Waals surface area contributed by atoms with Crippen LogP contribution < -0.4 is 0 Å². The fraction of sp³-hybridized carbons (Fsp3) is 0.500. The molecule has 0 atom stereocenters. The first-order valence-electron chi connectivity index (χ1n) is 6.98. The number of benzene rings is 1. The van der Waals surface area contributed by atoms with E-state index >= 15 is 0 Å². The van der Waals surface area contributed by atoms with Crippen LogP contribution in [-0.2, 0) is 14.8 Å². The molecule has 0 unspecified atom stereocenters. The molecular formula is C14H19BrN2O4S. The van der Waals surface area contributed by atoms with Gasteiger partial charge < -0.3 is 5.11 Å². The second kappa shape index (κ2) is 7.08. The van der Waals surface area contributed by atoms with Crippen LogP contribution in [-0.4, -0.2) is 61.4 Å². The average Bonchev–Trinajstić information content (AvgIpc) is 2.46. The molecule has 22 heavy (non-hydrogen) atoms. The standard InChI is InChI=1S/C14H19BrN2O4S/c1-16(10-14(18)19)12-5-7-17(8-6-12)22(20,21)13-4-2-3-11(15)9-13/h2-4,9,12H,5-8,10H2,1H3,(H,18,19). The van der Waals surface area contributed by atoms with E-state index in [0.29, 0.717) is 25.9 Å². The van der Waals surface area contributed by atoms with Gasteiger partial charge in [0.25, 0.3) is 0 Å². The molecule has 2 rings (SSSR count). The number of aliphatic carboxylic acids is 1. The van der Waals surface area contributed by atoms with Gasteiger partial charge in [-0.15, -0.1) is 0 Å². The minimum atomic E-state index is -3.49. The number of hydrogen-bond donors (Lipinski definition) is 1. The number of halogens is 1. The Hall–Kier alpha value is -0.960. The maximum Gasteiger partial charge on any atom is 0.317 e. The van der Waals surface area contributed by atoms with Gasteiger partial charge in [-0.2, -0.15) is 4.31 Å². The summed E-state index contributed by atoms with van der Waals surface area (Å²) < 4.78 is 27.4. The number of carbonyl (C=O) groups is 1. The van der Waals surface area contributed by atoms with Crippen LogP contribution in [0.4, 0.5) is 0 Å². The number of sulfonamides is 1. The Morgan fingerprint density at radius 3 is 2.59 bits per heavy atom. The fourth-order valence-electron chi connectivity index (χ4n) is 2.64. The van der Waals surface area contributed by atoms with Crippen LogP contribution in [0.2, 0.25) is 0 Å². The van der Waals surface area contributed by atoms with E-state index in [0.717, 1.165) is 4.47 Å². The largest absolute Gasteiger partial charge is 0.480 e. The smallest absolute Gasteiger partial charge is 0.317 e. The molecule has 122 valence electrons. The topological polar surface area (TPSA) is 77.9 Å². The third-order valence-electron chi connectivity index (χ3n) is 3.87. The highest BCUT2D eigenvalue weighted by molar-refractivity contribution is 9.10. The van der Waals surface area contributed by atoms with Gasteiger partial charge in [0.15, 0.2) is 0 Å². The van der Waals surface area contributed by atoms with Gasteiger partial charge in [0.1, 0.15) is 0 Å². The predicted molar refractivity (Wildman–Crippen MR) is 86.2 cm³/mol. The van der Waals surface area contributed by atoms with E-state index in [1.807, 2.05) is 0 Å². The van der Waals surface area contributed by atoms with Gasteiger partial charge in [-0.05, 0) is 38.1 Å². The zero-order chi connectivity index (χ0) is 16.3. The van der Waals surface area contributed by atoms with Crippen LogP contribution in [0.5, 0.6) is 0 Å². The predicted octanol–water partition coefficient (Wildman–Crippen LogP) is 1.62. The number of piperidine rings is 1. The lowest BCUT2D eigenvalue weighted by Crippen LogP contribution is -2.46. The van der Waals surface area contributed by atoms with Gasteiger partial charge in [-0.3, -0.25) is 9.69 Å². The molecule has 1 heterocycles. The van der Waals surface area contributed by atoms with Crippen molar-refractivity contribution in [2.75, 3.05) is 26.7 Å². The molecule has 0 bridgehead atoms. The van der Waals surface area contributed by atoms with Crippen LogP contribution in [0.15, 0.2) is 33.6 Å². The van der Waals surface area contributed by atoms with Gasteiger partial charge in [0.05, 0.1) is 11.4 Å². The Kier molecular flexibility index (Phi) is 5.60. The Labute approximate surface area is 138 Å². The highest BCUT2D eigenvalue weighted by Gasteiger charge is 2.31. The van der Waals surface area contributed by atoms with Crippen molar-refractivity contribution in [2.24, 2.45) is 0 Å². The maximum absolute atomic E-state index is 12.6. The number of rotatable bonds is 5. The molecule has 0 aliphatic carbocycles. The highest BCUT2D eigenvalue weighted by atomic mass is 79.9. The minimum Gasteiger partial charge on any atom is -0.480 e. The molecule has 1 fully saturated rings. The number of carboxylic acid groups (broad SMARTS) is 1. The van der Waals surface area contributed by atoms with Crippen molar-refractivity contribution in [3.8, 4) is 0 Å². The van der Waals surface area contributed by atoms with Gasteiger partial charge in [0.2, 0.25) is 10.0 Å². The summed E-state index contributed by atoms with van der Waals surface area (Å²) in [5.74, 6) is -0.869. The average molecular weight is 391 g/mol. The molecule has 0 amide bonds. The molecule has 8 heteroatoms. The van der Waals surface area contributed by atoms with Crippen molar-refractivity contribution in [1.29, 1.82) is 0 Å². The Balaban J connectivity index is 2.03. The fourth-order valence-corrected chi connectivity index (χ4v) is 4.71. The van der Waals surface area contributed by atoms with Crippen LogP contribution >= 0.6 is 15.9 Å². The summed E-state index contributed by atoms with van der Waals surface area (Å²) >= 11 is 3.28. The summed E-state index contributed by atoms with van der Waals surface area (Å²) in [7, 11) is -1.73. The van der Waals surface area contributed by atoms with E-state index in [-0.39, 0.29) is 17.5 Å². The summed E-state index contributed by atoms with van der Waals surface area (Å²) in [6.07, 6.45) is 1.27. The second-order valence-electron chi connectivity index (χ2n) is 5.40. The highest BCUT2D eigenvalue weighted by Crippen LogP contribution is 2.24. The molecule has 0 saturated carbocycles. The first-order chi connectivity index (χ1) is 10.3. The molecule has 6 nitrogen and oxygen atoms in total. The molecule has 1 aromatic rings. The van der Waals surface area contributed by atoms with Crippen LogP contribution in [0.25, 0.3) is 0 Å². The van der Waals surface area contributed by atoms with Crippen molar-refractivity contribution in [3.05, 3.63) is 28.7 Å².